The molecular formula is C20H22F3NO4S. The highest BCUT2D eigenvalue weighted by Crippen LogP contribution is 2.35. The molecule has 0 aliphatic heterocycles. The van der Waals surface area contributed by atoms with E-state index in [0.29, 0.717) is 12.5 Å². The third kappa shape index (κ3) is 7.08. The Morgan fingerprint density at radius 1 is 1.10 bits per heavy atom. The van der Waals surface area contributed by atoms with Crippen molar-refractivity contribution in [2.24, 2.45) is 0 Å². The second kappa shape index (κ2) is 8.86. The predicted octanol–water partition coefficient (Wildman–Crippen LogP) is 3.89. The second-order valence-corrected chi connectivity index (χ2v) is 8.47. The van der Waals surface area contributed by atoms with Crippen LogP contribution in [0.4, 0.5) is 13.2 Å². The maximum absolute atomic E-state index is 13.2. The van der Waals surface area contributed by atoms with Crippen LogP contribution in [-0.4, -0.2) is 26.6 Å². The van der Waals surface area contributed by atoms with E-state index in [1.165, 1.54) is 6.92 Å². The average molecular weight is 429 g/mol. The van der Waals surface area contributed by atoms with Gasteiger partial charge >= 0.3 is 16.3 Å². The molecule has 2 atom stereocenters. The molecule has 0 spiro atoms. The summed E-state index contributed by atoms with van der Waals surface area (Å²) < 4.78 is 66.8. The molecule has 0 saturated heterocycles. The van der Waals surface area contributed by atoms with Gasteiger partial charge in [0.2, 0.25) is 5.91 Å². The minimum Gasteiger partial charge on any atom is -0.383 e. The van der Waals surface area contributed by atoms with Gasteiger partial charge < -0.3 is 9.50 Å². The minimum absolute atomic E-state index is 0.00267. The van der Waals surface area contributed by atoms with Crippen molar-refractivity contribution in [3.8, 4) is 5.75 Å². The van der Waals surface area contributed by atoms with Gasteiger partial charge in [-0.3, -0.25) is 4.79 Å². The minimum atomic E-state index is -4.72. The first-order chi connectivity index (χ1) is 13.3. The quantitative estimate of drug-likeness (QED) is 0.678. The van der Waals surface area contributed by atoms with Crippen LogP contribution in [0, 0.1) is 0 Å². The molecule has 5 nitrogen and oxygen atoms in total. The highest BCUT2D eigenvalue weighted by molar-refractivity contribution is 7.86. The third-order valence-corrected chi connectivity index (χ3v) is 4.67. The molecule has 1 amide bonds. The molecule has 0 fully saturated rings. The van der Waals surface area contributed by atoms with Gasteiger partial charge in [-0.15, -0.1) is 0 Å². The van der Waals surface area contributed by atoms with E-state index in [1.807, 2.05) is 30.3 Å². The highest BCUT2D eigenvalue weighted by Gasteiger charge is 2.33. The lowest BCUT2D eigenvalue weighted by molar-refractivity contribution is -0.137. The van der Waals surface area contributed by atoms with Crippen molar-refractivity contribution in [3.05, 3.63) is 65.2 Å². The van der Waals surface area contributed by atoms with Crippen molar-refractivity contribution in [1.29, 1.82) is 0 Å². The SMILES string of the molecule is C[C@H](Cc1ccccc1)NC(=O)[C@H](C)c1cc(OS(C)(=O)=O)cc(C(F)(F)F)c1. The molecule has 2 aromatic carbocycles. The Labute approximate surface area is 168 Å². The summed E-state index contributed by atoms with van der Waals surface area (Å²) in [5, 5.41) is 2.77. The largest absolute Gasteiger partial charge is 0.416 e. The van der Waals surface area contributed by atoms with Gasteiger partial charge in [-0.25, -0.2) is 0 Å². The van der Waals surface area contributed by atoms with Crippen LogP contribution in [0.3, 0.4) is 0 Å². The normalized spacial score (nSPS) is 14.1. The van der Waals surface area contributed by atoms with Crippen molar-refractivity contribution in [2.45, 2.75) is 38.4 Å². The Kier molecular flexibility index (Phi) is 6.94. The smallest absolute Gasteiger partial charge is 0.383 e. The van der Waals surface area contributed by atoms with Gasteiger partial charge in [0, 0.05) is 6.04 Å². The zero-order chi connectivity index (χ0) is 21.8. The van der Waals surface area contributed by atoms with Crippen molar-refractivity contribution in [1.82, 2.24) is 5.32 Å². The van der Waals surface area contributed by atoms with E-state index in [-0.39, 0.29) is 11.6 Å². The maximum atomic E-state index is 13.2. The molecule has 0 aromatic heterocycles. The lowest BCUT2D eigenvalue weighted by Crippen LogP contribution is -2.36. The summed E-state index contributed by atoms with van der Waals surface area (Å²) in [6, 6.07) is 11.7. The van der Waals surface area contributed by atoms with E-state index < -0.39 is 39.4 Å². The molecule has 158 valence electrons. The fraction of sp³-hybridized carbons (Fsp3) is 0.350. The summed E-state index contributed by atoms with van der Waals surface area (Å²) in [5.74, 6) is -1.91. The average Bonchev–Trinajstić information content (AvgIpc) is 2.59. The summed E-state index contributed by atoms with van der Waals surface area (Å²) in [5.41, 5.74) is -0.0793. The molecule has 0 heterocycles. The Morgan fingerprint density at radius 3 is 2.28 bits per heavy atom. The van der Waals surface area contributed by atoms with Crippen LogP contribution in [0.5, 0.6) is 5.75 Å². The molecule has 1 N–H and O–H groups in total. The fourth-order valence-corrected chi connectivity index (χ4v) is 3.24. The zero-order valence-electron chi connectivity index (χ0n) is 16.2. The molecule has 0 aliphatic carbocycles. The van der Waals surface area contributed by atoms with Gasteiger partial charge in [-0.2, -0.15) is 21.6 Å². The molecule has 0 bridgehead atoms. The molecule has 2 rings (SSSR count). The van der Waals surface area contributed by atoms with E-state index in [0.717, 1.165) is 24.0 Å². The molecule has 0 aliphatic rings. The Balaban J connectivity index is 2.22. The molecule has 29 heavy (non-hydrogen) atoms. The molecule has 0 radical (unpaired) electrons. The predicted molar refractivity (Wildman–Crippen MR) is 103 cm³/mol. The lowest BCUT2D eigenvalue weighted by atomic mass is 9.97. The van der Waals surface area contributed by atoms with Crippen LogP contribution in [0.1, 0.15) is 36.5 Å². The first kappa shape index (κ1) is 22.7. The van der Waals surface area contributed by atoms with E-state index in [9.17, 15) is 26.4 Å². The van der Waals surface area contributed by atoms with Crippen LogP contribution in [0.25, 0.3) is 0 Å². The van der Waals surface area contributed by atoms with Crippen LogP contribution in [0.2, 0.25) is 0 Å². The first-order valence-corrected chi connectivity index (χ1v) is 10.6. The number of amides is 1. The van der Waals surface area contributed by atoms with Gasteiger partial charge in [0.05, 0.1) is 17.7 Å². The Bertz CT molecular complexity index is 959. The number of halogens is 3. The number of hydrogen-bond acceptors (Lipinski definition) is 4. The van der Waals surface area contributed by atoms with E-state index in [4.69, 9.17) is 0 Å². The summed E-state index contributed by atoms with van der Waals surface area (Å²) in [6.07, 6.45) is -3.43. The number of nitrogens with one attached hydrogen (secondary N) is 1. The topological polar surface area (TPSA) is 72.5 Å². The zero-order valence-corrected chi connectivity index (χ0v) is 17.0. The van der Waals surface area contributed by atoms with Gasteiger partial charge in [-0.1, -0.05) is 30.3 Å². The molecule has 2 aromatic rings. The van der Waals surface area contributed by atoms with Crippen molar-refractivity contribution >= 4 is 16.0 Å². The van der Waals surface area contributed by atoms with E-state index in [1.54, 1.807) is 6.92 Å². The summed E-state index contributed by atoms with van der Waals surface area (Å²) in [4.78, 5) is 12.6. The summed E-state index contributed by atoms with van der Waals surface area (Å²) in [6.45, 7) is 3.24. The first-order valence-electron chi connectivity index (χ1n) is 8.81. The lowest BCUT2D eigenvalue weighted by Gasteiger charge is -2.19. The van der Waals surface area contributed by atoms with Gasteiger partial charge in [-0.05, 0) is 49.6 Å². The molecular weight excluding hydrogens is 407 g/mol. The highest BCUT2D eigenvalue weighted by atomic mass is 32.2. The number of hydrogen-bond donors (Lipinski definition) is 1. The molecule has 9 heteroatoms. The van der Waals surface area contributed by atoms with Crippen molar-refractivity contribution in [3.63, 3.8) is 0 Å². The van der Waals surface area contributed by atoms with Crippen LogP contribution >= 0.6 is 0 Å². The second-order valence-electron chi connectivity index (χ2n) is 6.90. The molecule has 0 saturated carbocycles. The fourth-order valence-electron chi connectivity index (χ4n) is 2.80. The van der Waals surface area contributed by atoms with E-state index >= 15 is 0 Å². The van der Waals surface area contributed by atoms with Crippen molar-refractivity contribution < 1.29 is 30.6 Å². The number of benzene rings is 2. The van der Waals surface area contributed by atoms with Gasteiger partial charge in [0.1, 0.15) is 5.75 Å². The van der Waals surface area contributed by atoms with Crippen LogP contribution in [0.15, 0.2) is 48.5 Å². The van der Waals surface area contributed by atoms with Gasteiger partial charge in [0.15, 0.2) is 0 Å². The standard InChI is InChI=1S/C20H22F3NO4S/c1-13(9-15-7-5-4-6-8-15)24-19(25)14(2)16-10-17(20(21,22)23)12-18(11-16)28-29(3,26)27/h4-8,10-14H,9H2,1-3H3,(H,24,25)/t13-,14-/m1/s1. The number of carbonyl (C=O) groups excluding carboxylic acids is 1. The Hall–Kier alpha value is -2.55. The third-order valence-electron chi connectivity index (χ3n) is 4.17. The monoisotopic (exact) mass is 429 g/mol. The van der Waals surface area contributed by atoms with Crippen molar-refractivity contribution in [2.75, 3.05) is 6.26 Å². The Morgan fingerprint density at radius 2 is 1.72 bits per heavy atom. The molecule has 0 unspecified atom stereocenters. The number of alkyl halides is 3. The summed E-state index contributed by atoms with van der Waals surface area (Å²) in [7, 11) is -4.02. The summed E-state index contributed by atoms with van der Waals surface area (Å²) >= 11 is 0. The van der Waals surface area contributed by atoms with Gasteiger partial charge in [0.25, 0.3) is 0 Å². The number of rotatable bonds is 7. The van der Waals surface area contributed by atoms with Crippen LogP contribution < -0.4 is 9.50 Å². The maximum Gasteiger partial charge on any atom is 0.416 e. The van der Waals surface area contributed by atoms with E-state index in [2.05, 4.69) is 9.50 Å². The number of carbonyl (C=O) groups is 1. The van der Waals surface area contributed by atoms with Crippen LogP contribution in [-0.2, 0) is 27.5 Å².